The van der Waals surface area contributed by atoms with Crippen molar-refractivity contribution in [3.63, 3.8) is 0 Å². The first kappa shape index (κ1) is 12.6. The lowest BCUT2D eigenvalue weighted by Crippen LogP contribution is -2.34. The number of nitrogens with one attached hydrogen (secondary N) is 1. The Kier molecular flexibility index (Phi) is 5.40. The van der Waals surface area contributed by atoms with E-state index in [1.807, 2.05) is 23.6 Å². The predicted molar refractivity (Wildman–Crippen MR) is 64.9 cm³/mol. The van der Waals surface area contributed by atoms with Crippen LogP contribution in [0.2, 0.25) is 0 Å². The molecule has 5 heteroatoms. The number of rotatable bonds is 3. The van der Waals surface area contributed by atoms with Gasteiger partial charge in [-0.25, -0.2) is 5.84 Å². The second-order valence-electron chi connectivity index (χ2n) is 2.79. The molecule has 1 rings (SSSR count). The van der Waals surface area contributed by atoms with Gasteiger partial charge in [0.15, 0.2) is 6.61 Å². The fraction of sp³-hybridized carbons (Fsp3) is 0.182. The molecule has 0 saturated heterocycles. The smallest absolute Gasteiger partial charge is 0.271 e. The highest BCUT2D eigenvalue weighted by molar-refractivity contribution is 9.09. The van der Waals surface area contributed by atoms with Crippen molar-refractivity contribution in [2.24, 2.45) is 5.84 Å². The Bertz CT molecular complexity index is 423. The number of carbonyl (C=O) groups excluding carboxylic acids is 1. The Morgan fingerprint density at radius 3 is 2.94 bits per heavy atom. The van der Waals surface area contributed by atoms with Crippen LogP contribution in [-0.2, 0) is 4.79 Å². The first-order valence-corrected chi connectivity index (χ1v) is 5.66. The number of benzene rings is 1. The van der Waals surface area contributed by atoms with Crippen molar-refractivity contribution in [3.8, 4) is 17.6 Å². The SMILES string of the molecule is NNC(=O)COc1ccccc1C#CCBr. The summed E-state index contributed by atoms with van der Waals surface area (Å²) in [5.41, 5.74) is 2.73. The largest absolute Gasteiger partial charge is 0.482 e. The number of halogens is 1. The van der Waals surface area contributed by atoms with Crippen LogP contribution in [0, 0.1) is 11.8 Å². The first-order valence-electron chi connectivity index (χ1n) is 4.54. The van der Waals surface area contributed by atoms with Crippen LogP contribution in [-0.4, -0.2) is 17.8 Å². The summed E-state index contributed by atoms with van der Waals surface area (Å²) in [4.78, 5) is 10.9. The van der Waals surface area contributed by atoms with E-state index in [-0.39, 0.29) is 12.5 Å². The van der Waals surface area contributed by atoms with E-state index >= 15 is 0 Å². The number of hydrogen-bond donors (Lipinski definition) is 2. The van der Waals surface area contributed by atoms with Gasteiger partial charge in [-0.15, -0.1) is 0 Å². The maximum Gasteiger partial charge on any atom is 0.271 e. The van der Waals surface area contributed by atoms with Crippen molar-refractivity contribution < 1.29 is 9.53 Å². The zero-order valence-corrected chi connectivity index (χ0v) is 10.1. The van der Waals surface area contributed by atoms with Gasteiger partial charge in [-0.3, -0.25) is 10.2 Å². The molecule has 4 nitrogen and oxygen atoms in total. The molecule has 1 aromatic carbocycles. The average Bonchev–Trinajstić information content (AvgIpc) is 2.34. The maximum absolute atomic E-state index is 10.9. The molecule has 84 valence electrons. The van der Waals surface area contributed by atoms with Gasteiger partial charge in [-0.2, -0.15) is 0 Å². The summed E-state index contributed by atoms with van der Waals surface area (Å²) in [5, 5.41) is 0.588. The van der Waals surface area contributed by atoms with Crippen LogP contribution >= 0.6 is 15.9 Å². The zero-order valence-electron chi connectivity index (χ0n) is 8.50. The third kappa shape index (κ3) is 3.93. The van der Waals surface area contributed by atoms with Crippen LogP contribution in [0.1, 0.15) is 5.56 Å². The van der Waals surface area contributed by atoms with Gasteiger partial charge in [-0.1, -0.05) is 39.9 Å². The third-order valence-corrected chi connectivity index (χ3v) is 1.98. The molecule has 0 saturated carbocycles. The molecule has 3 N–H and O–H groups in total. The molecule has 0 aliphatic rings. The normalized spacial score (nSPS) is 8.88. The van der Waals surface area contributed by atoms with Crippen molar-refractivity contribution in [2.45, 2.75) is 0 Å². The van der Waals surface area contributed by atoms with Crippen molar-refractivity contribution >= 4 is 21.8 Å². The Balaban J connectivity index is 2.75. The predicted octanol–water partition coefficient (Wildman–Crippen LogP) is 0.802. The molecule has 1 aromatic rings. The molecule has 0 aromatic heterocycles. The van der Waals surface area contributed by atoms with E-state index in [0.717, 1.165) is 5.56 Å². The minimum atomic E-state index is -0.386. The molecule has 0 atom stereocenters. The Hall–Kier alpha value is -1.51. The lowest BCUT2D eigenvalue weighted by Gasteiger charge is -2.06. The molecule has 16 heavy (non-hydrogen) atoms. The van der Waals surface area contributed by atoms with Crippen LogP contribution in [0.4, 0.5) is 0 Å². The highest BCUT2D eigenvalue weighted by atomic mass is 79.9. The lowest BCUT2D eigenvalue weighted by molar-refractivity contribution is -0.123. The van der Waals surface area contributed by atoms with Crippen LogP contribution in [0.25, 0.3) is 0 Å². The molecule has 0 spiro atoms. The molecule has 0 aliphatic heterocycles. The van der Waals surface area contributed by atoms with Gasteiger partial charge in [0.2, 0.25) is 0 Å². The van der Waals surface area contributed by atoms with E-state index in [9.17, 15) is 4.79 Å². The van der Waals surface area contributed by atoms with Crippen molar-refractivity contribution in [2.75, 3.05) is 11.9 Å². The number of nitrogens with two attached hydrogens (primary N) is 1. The number of alkyl halides is 1. The minimum absolute atomic E-state index is 0.122. The van der Waals surface area contributed by atoms with Gasteiger partial charge in [-0.05, 0) is 12.1 Å². The molecular formula is C11H11BrN2O2. The summed E-state index contributed by atoms with van der Waals surface area (Å²) >= 11 is 3.21. The number of ether oxygens (including phenoxy) is 1. The molecule has 0 heterocycles. The second kappa shape index (κ2) is 6.88. The number of carbonyl (C=O) groups is 1. The summed E-state index contributed by atoms with van der Waals surface area (Å²) in [6.45, 7) is -0.122. The van der Waals surface area contributed by atoms with Gasteiger partial charge in [0.05, 0.1) is 10.9 Å². The van der Waals surface area contributed by atoms with Gasteiger partial charge < -0.3 is 4.74 Å². The third-order valence-electron chi connectivity index (χ3n) is 1.70. The molecule has 0 bridgehead atoms. The molecule has 1 amide bonds. The van der Waals surface area contributed by atoms with E-state index < -0.39 is 0 Å². The van der Waals surface area contributed by atoms with Crippen molar-refractivity contribution in [1.29, 1.82) is 0 Å². The fourth-order valence-corrected chi connectivity index (χ4v) is 1.15. The monoisotopic (exact) mass is 282 g/mol. The van der Waals surface area contributed by atoms with Gasteiger partial charge in [0.25, 0.3) is 5.91 Å². The average molecular weight is 283 g/mol. The number of para-hydroxylation sites is 1. The van der Waals surface area contributed by atoms with E-state index in [2.05, 4.69) is 27.8 Å². The molecule has 0 radical (unpaired) electrons. The Labute approximate surface area is 102 Å². The lowest BCUT2D eigenvalue weighted by atomic mass is 10.2. The van der Waals surface area contributed by atoms with Crippen LogP contribution in [0.5, 0.6) is 5.75 Å². The highest BCUT2D eigenvalue weighted by Crippen LogP contribution is 2.16. The minimum Gasteiger partial charge on any atom is -0.482 e. The molecule has 0 fully saturated rings. The number of hydrogen-bond acceptors (Lipinski definition) is 3. The molecule has 0 unspecified atom stereocenters. The zero-order chi connectivity index (χ0) is 11.8. The van der Waals surface area contributed by atoms with Crippen LogP contribution in [0.15, 0.2) is 24.3 Å². The Morgan fingerprint density at radius 2 is 2.25 bits per heavy atom. The molecular weight excluding hydrogens is 272 g/mol. The number of hydrazine groups is 1. The first-order chi connectivity index (χ1) is 7.77. The van der Waals surface area contributed by atoms with Crippen LogP contribution in [0.3, 0.4) is 0 Å². The quantitative estimate of drug-likeness (QED) is 0.283. The summed E-state index contributed by atoms with van der Waals surface area (Å²) in [7, 11) is 0. The maximum atomic E-state index is 10.9. The highest BCUT2D eigenvalue weighted by Gasteiger charge is 2.03. The Morgan fingerprint density at radius 1 is 1.50 bits per heavy atom. The van der Waals surface area contributed by atoms with Gasteiger partial charge >= 0.3 is 0 Å². The number of amides is 1. The van der Waals surface area contributed by atoms with E-state index in [4.69, 9.17) is 10.6 Å². The topological polar surface area (TPSA) is 64.3 Å². The summed E-state index contributed by atoms with van der Waals surface area (Å²) < 4.78 is 5.28. The molecule has 0 aliphatic carbocycles. The summed E-state index contributed by atoms with van der Waals surface area (Å²) in [6, 6.07) is 7.25. The van der Waals surface area contributed by atoms with Gasteiger partial charge in [0, 0.05) is 0 Å². The van der Waals surface area contributed by atoms with Crippen molar-refractivity contribution in [3.05, 3.63) is 29.8 Å². The van der Waals surface area contributed by atoms with Crippen molar-refractivity contribution in [1.82, 2.24) is 5.43 Å². The van der Waals surface area contributed by atoms with E-state index in [0.29, 0.717) is 11.1 Å². The fourth-order valence-electron chi connectivity index (χ4n) is 1.01. The van der Waals surface area contributed by atoms with E-state index in [1.54, 1.807) is 6.07 Å². The second-order valence-corrected chi connectivity index (χ2v) is 3.35. The standard InChI is InChI=1S/C11H11BrN2O2/c12-7-3-5-9-4-1-2-6-10(9)16-8-11(15)14-13/h1-2,4,6H,7-8,13H2,(H,14,15). The van der Waals surface area contributed by atoms with Gasteiger partial charge in [0.1, 0.15) is 5.75 Å². The summed E-state index contributed by atoms with van der Waals surface area (Å²) in [5.74, 6) is 10.9. The van der Waals surface area contributed by atoms with Crippen LogP contribution < -0.4 is 16.0 Å². The summed E-state index contributed by atoms with van der Waals surface area (Å²) in [6.07, 6.45) is 0. The van der Waals surface area contributed by atoms with E-state index in [1.165, 1.54) is 0 Å².